The van der Waals surface area contributed by atoms with Gasteiger partial charge in [0, 0.05) is 6.54 Å². The van der Waals surface area contributed by atoms with Gasteiger partial charge in [0.2, 0.25) is 0 Å². The Hall–Kier alpha value is -0.430. The van der Waals surface area contributed by atoms with Gasteiger partial charge in [0.15, 0.2) is 0 Å². The molecule has 0 aliphatic heterocycles. The SMILES string of the molecule is CCCNc1nc(CN(C)C)nc(C(C)C)c1I. The molecule has 0 amide bonds. The number of aromatic nitrogens is 2. The van der Waals surface area contributed by atoms with Crippen LogP contribution in [0, 0.1) is 3.57 Å². The average Bonchev–Trinajstić information content (AvgIpc) is 2.28. The first-order valence-electron chi connectivity index (χ1n) is 6.40. The fourth-order valence-corrected chi connectivity index (χ4v) is 2.66. The standard InChI is InChI=1S/C13H23IN4/c1-6-7-15-13-11(14)12(9(2)3)16-10(17-13)8-18(4)5/h9H,6-8H2,1-5H3,(H,15,16,17). The molecule has 0 fully saturated rings. The van der Waals surface area contributed by atoms with Crippen molar-refractivity contribution in [2.75, 3.05) is 26.0 Å². The summed E-state index contributed by atoms with van der Waals surface area (Å²) in [5.41, 5.74) is 1.14. The van der Waals surface area contributed by atoms with Gasteiger partial charge >= 0.3 is 0 Å². The second-order valence-corrected chi connectivity index (χ2v) is 6.09. The summed E-state index contributed by atoms with van der Waals surface area (Å²) in [4.78, 5) is 11.4. The minimum atomic E-state index is 0.419. The summed E-state index contributed by atoms with van der Waals surface area (Å²) in [6.45, 7) is 8.23. The highest BCUT2D eigenvalue weighted by molar-refractivity contribution is 14.1. The third-order valence-electron chi connectivity index (χ3n) is 2.47. The summed E-state index contributed by atoms with van der Waals surface area (Å²) in [5.74, 6) is 2.29. The van der Waals surface area contributed by atoms with Gasteiger partial charge in [-0.2, -0.15) is 0 Å². The van der Waals surface area contributed by atoms with Gasteiger partial charge in [-0.15, -0.1) is 0 Å². The summed E-state index contributed by atoms with van der Waals surface area (Å²) in [7, 11) is 4.07. The van der Waals surface area contributed by atoms with E-state index in [1.165, 1.54) is 0 Å². The lowest BCUT2D eigenvalue weighted by Crippen LogP contribution is -2.17. The van der Waals surface area contributed by atoms with E-state index in [0.29, 0.717) is 5.92 Å². The van der Waals surface area contributed by atoms with E-state index in [4.69, 9.17) is 0 Å². The van der Waals surface area contributed by atoms with Crippen LogP contribution in [-0.2, 0) is 6.54 Å². The molecule has 0 aliphatic rings. The zero-order valence-corrected chi connectivity index (χ0v) is 14.1. The van der Waals surface area contributed by atoms with Crippen molar-refractivity contribution in [1.29, 1.82) is 0 Å². The summed E-state index contributed by atoms with van der Waals surface area (Å²) in [6.07, 6.45) is 1.10. The van der Waals surface area contributed by atoms with Crippen LogP contribution in [0.5, 0.6) is 0 Å². The monoisotopic (exact) mass is 362 g/mol. The molecule has 4 nitrogen and oxygen atoms in total. The van der Waals surface area contributed by atoms with Crippen LogP contribution in [0.3, 0.4) is 0 Å². The van der Waals surface area contributed by atoms with E-state index >= 15 is 0 Å². The van der Waals surface area contributed by atoms with E-state index < -0.39 is 0 Å². The van der Waals surface area contributed by atoms with Gasteiger partial charge in [0.1, 0.15) is 11.6 Å². The summed E-state index contributed by atoms with van der Waals surface area (Å²) < 4.78 is 1.15. The predicted octanol–water partition coefficient (Wildman–Crippen LogP) is 3.09. The van der Waals surface area contributed by atoms with Gasteiger partial charge in [0.05, 0.1) is 15.8 Å². The summed E-state index contributed by atoms with van der Waals surface area (Å²) in [6, 6.07) is 0. The molecule has 1 heterocycles. The van der Waals surface area contributed by atoms with Crippen molar-refractivity contribution in [3.8, 4) is 0 Å². The molecule has 0 saturated heterocycles. The molecule has 1 aromatic rings. The van der Waals surface area contributed by atoms with Crippen LogP contribution in [0.1, 0.15) is 44.6 Å². The molecule has 5 heteroatoms. The number of anilines is 1. The molecule has 0 saturated carbocycles. The Morgan fingerprint density at radius 3 is 2.44 bits per heavy atom. The minimum Gasteiger partial charge on any atom is -0.369 e. The molecule has 0 aromatic carbocycles. The highest BCUT2D eigenvalue weighted by Gasteiger charge is 2.14. The van der Waals surface area contributed by atoms with Crippen molar-refractivity contribution in [2.24, 2.45) is 0 Å². The fraction of sp³-hybridized carbons (Fsp3) is 0.692. The average molecular weight is 362 g/mol. The van der Waals surface area contributed by atoms with Crippen molar-refractivity contribution >= 4 is 28.4 Å². The Morgan fingerprint density at radius 2 is 1.94 bits per heavy atom. The van der Waals surface area contributed by atoms with Crippen molar-refractivity contribution in [3.05, 3.63) is 15.1 Å². The van der Waals surface area contributed by atoms with Crippen LogP contribution in [0.2, 0.25) is 0 Å². The van der Waals surface area contributed by atoms with Crippen molar-refractivity contribution in [3.63, 3.8) is 0 Å². The van der Waals surface area contributed by atoms with Crippen LogP contribution in [0.4, 0.5) is 5.82 Å². The fourth-order valence-electron chi connectivity index (χ4n) is 1.61. The molecule has 1 rings (SSSR count). The van der Waals surface area contributed by atoms with Crippen LogP contribution < -0.4 is 5.32 Å². The van der Waals surface area contributed by atoms with E-state index in [0.717, 1.165) is 40.4 Å². The van der Waals surface area contributed by atoms with E-state index in [1.807, 2.05) is 14.1 Å². The second-order valence-electron chi connectivity index (χ2n) is 5.01. The molecule has 18 heavy (non-hydrogen) atoms. The van der Waals surface area contributed by atoms with Crippen LogP contribution in [-0.4, -0.2) is 35.5 Å². The Labute approximate surface area is 124 Å². The zero-order chi connectivity index (χ0) is 13.7. The Kier molecular flexibility index (Phi) is 6.28. The van der Waals surface area contributed by atoms with Crippen molar-refractivity contribution in [1.82, 2.24) is 14.9 Å². The molecule has 1 aromatic heterocycles. The Balaban J connectivity index is 3.10. The normalized spacial score (nSPS) is 11.3. The second kappa shape index (κ2) is 7.23. The number of rotatable bonds is 6. The summed E-state index contributed by atoms with van der Waals surface area (Å²) >= 11 is 2.35. The molecular formula is C13H23IN4. The molecule has 0 spiro atoms. The molecule has 0 atom stereocenters. The smallest absolute Gasteiger partial charge is 0.145 e. The zero-order valence-electron chi connectivity index (χ0n) is 11.9. The number of hydrogen-bond acceptors (Lipinski definition) is 4. The van der Waals surface area contributed by atoms with Gasteiger partial charge in [-0.3, -0.25) is 0 Å². The van der Waals surface area contributed by atoms with Gasteiger partial charge in [-0.25, -0.2) is 9.97 Å². The maximum Gasteiger partial charge on any atom is 0.145 e. The lowest BCUT2D eigenvalue weighted by atomic mass is 10.1. The Morgan fingerprint density at radius 1 is 1.28 bits per heavy atom. The first kappa shape index (κ1) is 15.6. The number of halogens is 1. The largest absolute Gasteiger partial charge is 0.369 e. The summed E-state index contributed by atoms with van der Waals surface area (Å²) in [5, 5.41) is 3.39. The van der Waals surface area contributed by atoms with Gasteiger partial charge < -0.3 is 10.2 Å². The number of nitrogens with one attached hydrogen (secondary N) is 1. The number of nitrogens with zero attached hydrogens (tertiary/aromatic N) is 3. The van der Waals surface area contributed by atoms with E-state index in [-0.39, 0.29) is 0 Å². The molecule has 102 valence electrons. The Bertz CT molecular complexity index is 391. The molecule has 0 aliphatic carbocycles. The van der Waals surface area contributed by atoms with Gasteiger partial charge in [-0.05, 0) is 49.0 Å². The highest BCUT2D eigenvalue weighted by Crippen LogP contribution is 2.25. The predicted molar refractivity (Wildman–Crippen MR) is 85.0 cm³/mol. The molecule has 0 radical (unpaired) electrons. The molecule has 0 unspecified atom stereocenters. The first-order valence-corrected chi connectivity index (χ1v) is 7.48. The first-order chi connectivity index (χ1) is 8.45. The molecular weight excluding hydrogens is 339 g/mol. The van der Waals surface area contributed by atoms with Gasteiger partial charge in [-0.1, -0.05) is 20.8 Å². The third kappa shape index (κ3) is 4.35. The number of hydrogen-bond donors (Lipinski definition) is 1. The van der Waals surface area contributed by atoms with E-state index in [9.17, 15) is 0 Å². The van der Waals surface area contributed by atoms with E-state index in [1.54, 1.807) is 0 Å². The topological polar surface area (TPSA) is 41.1 Å². The lowest BCUT2D eigenvalue weighted by molar-refractivity contribution is 0.389. The van der Waals surface area contributed by atoms with Gasteiger partial charge in [0.25, 0.3) is 0 Å². The minimum absolute atomic E-state index is 0.419. The molecule has 0 bridgehead atoms. The van der Waals surface area contributed by atoms with E-state index in [2.05, 4.69) is 63.5 Å². The maximum atomic E-state index is 4.68. The third-order valence-corrected chi connectivity index (χ3v) is 3.53. The molecule has 1 N–H and O–H groups in total. The maximum absolute atomic E-state index is 4.68. The highest BCUT2D eigenvalue weighted by atomic mass is 127. The van der Waals surface area contributed by atoms with Crippen LogP contribution in [0.25, 0.3) is 0 Å². The van der Waals surface area contributed by atoms with Crippen molar-refractivity contribution in [2.45, 2.75) is 39.7 Å². The van der Waals surface area contributed by atoms with Crippen LogP contribution in [0.15, 0.2) is 0 Å². The quantitative estimate of drug-likeness (QED) is 0.790. The van der Waals surface area contributed by atoms with Crippen molar-refractivity contribution < 1.29 is 0 Å². The lowest BCUT2D eigenvalue weighted by Gasteiger charge is -2.16. The van der Waals surface area contributed by atoms with Crippen LogP contribution >= 0.6 is 22.6 Å².